The Bertz CT molecular complexity index is 1410. The molecule has 5 aromatic rings. The van der Waals surface area contributed by atoms with Gasteiger partial charge in [0, 0.05) is 0 Å². The van der Waals surface area contributed by atoms with Crippen molar-refractivity contribution in [2.24, 2.45) is 0 Å². The summed E-state index contributed by atoms with van der Waals surface area (Å²) < 4.78 is 57.5. The summed E-state index contributed by atoms with van der Waals surface area (Å²) in [5, 5.41) is 0. The van der Waals surface area contributed by atoms with Crippen molar-refractivity contribution < 1.29 is 26.1 Å². The van der Waals surface area contributed by atoms with Crippen molar-refractivity contribution >= 4 is 10.1 Å². The highest BCUT2D eigenvalue weighted by Gasteiger charge is 2.44. The fourth-order valence-electron chi connectivity index (χ4n) is 3.57. The predicted molar refractivity (Wildman–Crippen MR) is 147 cm³/mol. The van der Waals surface area contributed by atoms with Gasteiger partial charge in [-0.1, -0.05) is 146 Å². The van der Waals surface area contributed by atoms with Crippen LogP contribution in [0.25, 0.3) is 33.4 Å². The van der Waals surface area contributed by atoms with Crippen LogP contribution < -0.4 is 0 Å². The van der Waals surface area contributed by atoms with E-state index >= 15 is 0 Å². The van der Waals surface area contributed by atoms with Crippen LogP contribution in [0.4, 0.5) is 13.2 Å². The summed E-state index contributed by atoms with van der Waals surface area (Å²) in [7, 11) is -5.84. The normalized spacial score (nSPS) is 10.8. The van der Waals surface area contributed by atoms with Gasteiger partial charge in [0.25, 0.3) is 0 Å². The number of hydrogen-bond acceptors (Lipinski definition) is 2. The number of benzene rings is 5. The molecule has 0 aromatic heterocycles. The maximum absolute atomic E-state index is 10.7. The van der Waals surface area contributed by atoms with Crippen LogP contribution in [-0.4, -0.2) is 18.5 Å². The lowest BCUT2D eigenvalue weighted by molar-refractivity contribution is -0.0510. The Morgan fingerprint density at radius 1 is 0.447 bits per heavy atom. The van der Waals surface area contributed by atoms with Gasteiger partial charge < -0.3 is 0 Å². The van der Waals surface area contributed by atoms with Gasteiger partial charge in [-0.2, -0.15) is 21.6 Å². The molecule has 0 unspecified atom stereocenters. The summed E-state index contributed by atoms with van der Waals surface area (Å²) in [6.07, 6.45) is 0. The highest BCUT2D eigenvalue weighted by Crippen LogP contribution is 2.39. The average Bonchev–Trinajstić information content (AvgIpc) is 2.95. The lowest BCUT2D eigenvalue weighted by Gasteiger charge is -2.16. The van der Waals surface area contributed by atoms with E-state index in [0.29, 0.717) is 0 Å². The second kappa shape index (κ2) is 13.4. The van der Waals surface area contributed by atoms with E-state index in [9.17, 15) is 13.2 Å². The lowest BCUT2D eigenvalue weighted by Crippen LogP contribution is -2.21. The fourth-order valence-corrected chi connectivity index (χ4v) is 3.57. The minimum Gasteiger partial charge on any atom is -0.279 e. The molecule has 7 heteroatoms. The predicted octanol–water partition coefficient (Wildman–Crippen LogP) is 8.77. The number of halogens is 3. The first-order valence-corrected chi connectivity index (χ1v) is 13.0. The zero-order valence-electron chi connectivity index (χ0n) is 20.2. The van der Waals surface area contributed by atoms with Crippen LogP contribution in [0.3, 0.4) is 0 Å². The molecule has 0 fully saturated rings. The molecule has 0 heterocycles. The lowest BCUT2D eigenvalue weighted by atomic mass is 9.88. The fraction of sp³-hybridized carbons (Fsp3) is 0.0323. The highest BCUT2D eigenvalue weighted by atomic mass is 32.2. The largest absolute Gasteiger partial charge is 0.522 e. The second-order valence-electron chi connectivity index (χ2n) is 7.90. The van der Waals surface area contributed by atoms with Crippen LogP contribution in [0.1, 0.15) is 0 Å². The molecule has 0 spiro atoms. The average molecular weight is 535 g/mol. The van der Waals surface area contributed by atoms with Gasteiger partial charge in [-0.05, 0) is 33.4 Å². The molecule has 0 bridgehead atoms. The van der Waals surface area contributed by atoms with E-state index in [0.717, 1.165) is 0 Å². The van der Waals surface area contributed by atoms with Crippen molar-refractivity contribution in [1.29, 1.82) is 0 Å². The summed E-state index contributed by atoms with van der Waals surface area (Å²) in [4.78, 5) is 0. The van der Waals surface area contributed by atoms with Crippen LogP contribution in [0.2, 0.25) is 0 Å². The number of alkyl halides is 3. The molecule has 194 valence electrons. The molecule has 3 nitrogen and oxygen atoms in total. The minimum atomic E-state index is -5.84. The van der Waals surface area contributed by atoms with E-state index in [1.165, 1.54) is 33.4 Å². The van der Waals surface area contributed by atoms with Gasteiger partial charge in [0.1, 0.15) is 0 Å². The molecule has 0 aliphatic heterocycles. The molecular formula is C31H25F3O3S. The van der Waals surface area contributed by atoms with Gasteiger partial charge in [-0.25, -0.2) is 0 Å². The molecule has 0 aliphatic rings. The van der Waals surface area contributed by atoms with E-state index in [-0.39, 0.29) is 0 Å². The van der Waals surface area contributed by atoms with Crippen molar-refractivity contribution in [2.75, 3.05) is 0 Å². The maximum atomic E-state index is 10.7. The number of hydrogen-bond donors (Lipinski definition) is 1. The summed E-state index contributed by atoms with van der Waals surface area (Å²) >= 11 is 0. The molecule has 0 amide bonds. The van der Waals surface area contributed by atoms with Gasteiger partial charge in [-0.15, -0.1) is 0 Å². The second-order valence-corrected chi connectivity index (χ2v) is 9.31. The topological polar surface area (TPSA) is 54.4 Å². The van der Waals surface area contributed by atoms with Gasteiger partial charge in [0.15, 0.2) is 0 Å². The van der Waals surface area contributed by atoms with Gasteiger partial charge in [0.2, 0.25) is 0 Å². The van der Waals surface area contributed by atoms with Crippen molar-refractivity contribution in [1.82, 2.24) is 0 Å². The van der Waals surface area contributed by atoms with Crippen molar-refractivity contribution in [3.63, 3.8) is 0 Å². The van der Waals surface area contributed by atoms with Crippen LogP contribution in [-0.2, 0) is 10.1 Å². The SMILES string of the molecule is O=S(=O)(O)C(F)(F)F.c1ccc(-c2cccc(-c3ccccc3)c2-c2ccccc2)cc1.c1ccccc1. The molecule has 5 aromatic carbocycles. The van der Waals surface area contributed by atoms with Crippen LogP contribution in [0, 0.1) is 0 Å². The third-order valence-electron chi connectivity index (χ3n) is 5.26. The zero-order chi connectivity index (χ0) is 27.4. The standard InChI is InChI=1S/C24H18.C6H6.CHF3O3S/c1-4-11-19(12-5-1)22-17-10-18-23(20-13-6-2-7-14-20)24(22)21-15-8-3-9-16-21;1-2-4-6-5-3-1;2-1(3,4)8(5,6)7/h1-18H;1-6H;(H,5,6,7). The molecule has 0 saturated heterocycles. The Labute approximate surface area is 220 Å². The quantitative estimate of drug-likeness (QED) is 0.186. The van der Waals surface area contributed by atoms with Gasteiger partial charge >= 0.3 is 15.6 Å². The van der Waals surface area contributed by atoms with E-state index in [1.807, 2.05) is 36.4 Å². The Kier molecular flexibility index (Phi) is 9.99. The van der Waals surface area contributed by atoms with Crippen LogP contribution >= 0.6 is 0 Å². The first kappa shape index (κ1) is 28.4. The molecule has 0 atom stereocenters. The first-order valence-electron chi connectivity index (χ1n) is 11.5. The summed E-state index contributed by atoms with van der Waals surface area (Å²) in [6.45, 7) is 0. The minimum absolute atomic E-state index is 1.24. The Balaban J connectivity index is 0.000000235. The van der Waals surface area contributed by atoms with Crippen molar-refractivity contribution in [3.8, 4) is 33.4 Å². The molecule has 5 rings (SSSR count). The zero-order valence-corrected chi connectivity index (χ0v) is 21.0. The smallest absolute Gasteiger partial charge is 0.279 e. The Morgan fingerprint density at radius 3 is 1.00 bits per heavy atom. The van der Waals surface area contributed by atoms with Crippen molar-refractivity contribution in [2.45, 2.75) is 5.51 Å². The van der Waals surface area contributed by atoms with Crippen LogP contribution in [0.15, 0.2) is 146 Å². The molecule has 1 N–H and O–H groups in total. The van der Waals surface area contributed by atoms with Gasteiger partial charge in [0.05, 0.1) is 0 Å². The number of rotatable bonds is 3. The summed E-state index contributed by atoms with van der Waals surface area (Å²) in [5.41, 5.74) is 2.02. The third kappa shape index (κ3) is 8.16. The molecule has 0 saturated carbocycles. The summed E-state index contributed by atoms with van der Waals surface area (Å²) in [6, 6.07) is 50.4. The van der Waals surface area contributed by atoms with Crippen molar-refractivity contribution in [3.05, 3.63) is 146 Å². The van der Waals surface area contributed by atoms with E-state index < -0.39 is 15.6 Å². The van der Waals surface area contributed by atoms with Gasteiger partial charge in [-0.3, -0.25) is 4.55 Å². The summed E-state index contributed by atoms with van der Waals surface area (Å²) in [5.74, 6) is 0. The monoisotopic (exact) mass is 534 g/mol. The molecule has 0 radical (unpaired) electrons. The maximum Gasteiger partial charge on any atom is 0.522 e. The Hall–Kier alpha value is -4.20. The molecule has 38 heavy (non-hydrogen) atoms. The molecular weight excluding hydrogens is 509 g/mol. The first-order chi connectivity index (χ1) is 18.2. The van der Waals surface area contributed by atoms with E-state index in [4.69, 9.17) is 13.0 Å². The van der Waals surface area contributed by atoms with E-state index in [2.05, 4.69) is 109 Å². The molecule has 0 aliphatic carbocycles. The van der Waals surface area contributed by atoms with E-state index in [1.54, 1.807) is 0 Å². The highest BCUT2D eigenvalue weighted by molar-refractivity contribution is 7.86. The third-order valence-corrected chi connectivity index (χ3v) is 5.84. The van der Waals surface area contributed by atoms with Crippen LogP contribution in [0.5, 0.6) is 0 Å². The Morgan fingerprint density at radius 2 is 0.711 bits per heavy atom.